The Morgan fingerprint density at radius 3 is 0.960 bits per heavy atom. The topological polar surface area (TPSA) is 168 Å². The number of hydrogen-bond acceptors (Lipinski definition) is 8. The van der Waals surface area contributed by atoms with Crippen molar-refractivity contribution in [1.82, 2.24) is 29.4 Å². The highest BCUT2D eigenvalue weighted by molar-refractivity contribution is 5.97. The van der Waals surface area contributed by atoms with Crippen molar-refractivity contribution < 1.29 is 43.4 Å². The second kappa shape index (κ2) is 14.4. The number of hydrogen-bond donors (Lipinski definition) is 1. The average molecular weight is 701 g/mol. The monoisotopic (exact) mass is 700 g/mol. The van der Waals surface area contributed by atoms with Gasteiger partial charge in [-0.2, -0.15) is 0 Å². The first-order chi connectivity index (χ1) is 23.8. The summed E-state index contributed by atoms with van der Waals surface area (Å²) in [6, 6.07) is -4.46. The fourth-order valence-corrected chi connectivity index (χ4v) is 9.00. The average Bonchev–Trinajstić information content (AvgIpc) is 3.93. The molecule has 50 heavy (non-hydrogen) atoms. The van der Waals surface area contributed by atoms with E-state index in [0.29, 0.717) is 110 Å². The molecule has 0 aromatic carbocycles. The van der Waals surface area contributed by atoms with E-state index < -0.39 is 53.9 Å². The Hall–Kier alpha value is -3.91. The lowest BCUT2D eigenvalue weighted by Gasteiger charge is -2.36. The van der Waals surface area contributed by atoms with Crippen LogP contribution in [0.5, 0.6) is 0 Å². The van der Waals surface area contributed by atoms with Gasteiger partial charge in [0, 0.05) is 39.3 Å². The third-order valence-corrected chi connectivity index (χ3v) is 11.3. The number of esters is 1. The molecule has 6 amide bonds. The van der Waals surface area contributed by atoms with E-state index in [1.54, 1.807) is 40.4 Å². The van der Waals surface area contributed by atoms with Gasteiger partial charge in [0.15, 0.2) is 0 Å². The summed E-state index contributed by atoms with van der Waals surface area (Å²) in [5, 5.41) is 9.58. The van der Waals surface area contributed by atoms with Crippen LogP contribution in [0.1, 0.15) is 97.8 Å². The van der Waals surface area contributed by atoms with Crippen LogP contribution in [0.25, 0.3) is 0 Å². The number of likely N-dealkylation sites (tertiary alicyclic amines) is 6. The molecule has 0 saturated carbocycles. The van der Waals surface area contributed by atoms with Crippen LogP contribution >= 0.6 is 0 Å². The first-order valence-corrected chi connectivity index (χ1v) is 18.5. The van der Waals surface area contributed by atoms with Gasteiger partial charge in [0.2, 0.25) is 29.5 Å². The minimum absolute atomic E-state index is 0.257. The maximum absolute atomic E-state index is 14.2. The highest BCUT2D eigenvalue weighted by atomic mass is 16.6. The zero-order chi connectivity index (χ0) is 35.9. The molecule has 276 valence electrons. The SMILES string of the molecule is CC(C)(C)OC(=O)[C@H]1CCCN1C(=O)[C@H]1CCCN1C(=O)[C@H]1CCCN1C(=O)[C@H]1CCCN1C(=O)[C@H]1CCCN1C(=O)[C@H]1CCCN1C(=O)O. The van der Waals surface area contributed by atoms with Gasteiger partial charge in [-0.25, -0.2) is 9.59 Å². The van der Waals surface area contributed by atoms with Crippen molar-refractivity contribution in [2.75, 3.05) is 39.3 Å². The van der Waals surface area contributed by atoms with Crippen LogP contribution in [-0.2, 0) is 33.5 Å². The molecule has 6 atom stereocenters. The van der Waals surface area contributed by atoms with Crippen molar-refractivity contribution in [3.05, 3.63) is 0 Å². The van der Waals surface area contributed by atoms with E-state index in [9.17, 15) is 38.7 Å². The van der Waals surface area contributed by atoms with Gasteiger partial charge in [-0.15, -0.1) is 0 Å². The second-order valence-corrected chi connectivity index (χ2v) is 15.6. The largest absolute Gasteiger partial charge is 0.465 e. The maximum atomic E-state index is 14.2. The maximum Gasteiger partial charge on any atom is 0.407 e. The molecule has 6 heterocycles. The summed E-state index contributed by atoms with van der Waals surface area (Å²) >= 11 is 0. The smallest absolute Gasteiger partial charge is 0.407 e. The van der Waals surface area contributed by atoms with Crippen molar-refractivity contribution in [3.63, 3.8) is 0 Å². The molecule has 6 fully saturated rings. The highest BCUT2D eigenvalue weighted by Gasteiger charge is 2.50. The molecule has 0 aromatic heterocycles. The molecule has 0 unspecified atom stereocenters. The van der Waals surface area contributed by atoms with E-state index in [0.717, 1.165) is 4.90 Å². The number of rotatable bonds is 6. The molecule has 6 saturated heterocycles. The van der Waals surface area contributed by atoms with E-state index in [1.165, 1.54) is 4.90 Å². The lowest BCUT2D eigenvalue weighted by molar-refractivity contribution is -0.164. The Labute approximate surface area is 293 Å². The molecule has 0 bridgehead atoms. The lowest BCUT2D eigenvalue weighted by atomic mass is 10.1. The van der Waals surface area contributed by atoms with Crippen LogP contribution in [-0.4, -0.2) is 157 Å². The summed E-state index contributed by atoms with van der Waals surface area (Å²) in [7, 11) is 0. The van der Waals surface area contributed by atoms with Gasteiger partial charge in [-0.05, 0) is 97.8 Å². The van der Waals surface area contributed by atoms with Crippen LogP contribution < -0.4 is 0 Å². The zero-order valence-electron chi connectivity index (χ0n) is 29.6. The summed E-state index contributed by atoms with van der Waals surface area (Å²) in [4.78, 5) is 103. The predicted molar refractivity (Wildman–Crippen MR) is 177 cm³/mol. The summed E-state index contributed by atoms with van der Waals surface area (Å²) in [6.07, 6.45) is 5.37. The first kappa shape index (κ1) is 35.9. The summed E-state index contributed by atoms with van der Waals surface area (Å²) in [6.45, 7) is 7.55. The van der Waals surface area contributed by atoms with Gasteiger partial charge >= 0.3 is 12.1 Å². The molecular weight excluding hydrogens is 648 g/mol. The first-order valence-electron chi connectivity index (χ1n) is 18.5. The molecule has 0 aromatic rings. The highest BCUT2D eigenvalue weighted by Crippen LogP contribution is 2.33. The van der Waals surface area contributed by atoms with Crippen molar-refractivity contribution in [2.45, 2.75) is 140 Å². The van der Waals surface area contributed by atoms with Crippen molar-refractivity contribution in [2.24, 2.45) is 0 Å². The molecule has 0 spiro atoms. The van der Waals surface area contributed by atoms with Crippen LogP contribution in [0.4, 0.5) is 4.79 Å². The van der Waals surface area contributed by atoms with E-state index in [-0.39, 0.29) is 36.1 Å². The molecule has 6 aliphatic heterocycles. The third-order valence-electron chi connectivity index (χ3n) is 11.3. The zero-order valence-corrected chi connectivity index (χ0v) is 29.6. The molecular formula is C35H52N6O9. The molecule has 6 rings (SSSR count). The minimum atomic E-state index is -1.14. The summed E-state index contributed by atoms with van der Waals surface area (Å²) < 4.78 is 5.59. The lowest BCUT2D eigenvalue weighted by Crippen LogP contribution is -2.58. The summed E-state index contributed by atoms with van der Waals surface area (Å²) in [5.74, 6) is -1.91. The fourth-order valence-electron chi connectivity index (χ4n) is 9.00. The van der Waals surface area contributed by atoms with Crippen LogP contribution in [0, 0.1) is 0 Å². The molecule has 15 heteroatoms. The molecule has 0 radical (unpaired) electrons. The minimum Gasteiger partial charge on any atom is -0.465 e. The van der Waals surface area contributed by atoms with Gasteiger partial charge in [-0.3, -0.25) is 28.9 Å². The molecule has 1 N–H and O–H groups in total. The number of amides is 6. The van der Waals surface area contributed by atoms with E-state index >= 15 is 0 Å². The number of carboxylic acid groups (broad SMARTS) is 1. The van der Waals surface area contributed by atoms with E-state index in [1.807, 2.05) is 0 Å². The van der Waals surface area contributed by atoms with E-state index in [2.05, 4.69) is 0 Å². The standard InChI is InChI=1S/C35H52N6O9/c1-35(2,3)50-33(47)27-15-9-20-40(27)31(45)25-13-7-18-38(25)29(43)23-11-5-16-36(23)28(42)22-10-4-17-37(22)30(44)24-12-6-19-39(24)32(46)26-14-8-21-41(26)34(48)49/h22-27H,4-21H2,1-3H3,(H,48,49)/t22-,23-,24-,25-,26-,27-/m1/s1. The van der Waals surface area contributed by atoms with Gasteiger partial charge in [0.05, 0.1) is 0 Å². The normalized spacial score (nSPS) is 30.1. The van der Waals surface area contributed by atoms with Crippen LogP contribution in [0.3, 0.4) is 0 Å². The van der Waals surface area contributed by atoms with Crippen molar-refractivity contribution in [1.29, 1.82) is 0 Å². The van der Waals surface area contributed by atoms with Crippen LogP contribution in [0.15, 0.2) is 0 Å². The third kappa shape index (κ3) is 6.88. The Bertz CT molecular complexity index is 1400. The Balaban J connectivity index is 1.12. The molecule has 6 aliphatic rings. The van der Waals surface area contributed by atoms with Crippen molar-refractivity contribution in [3.8, 4) is 0 Å². The van der Waals surface area contributed by atoms with Gasteiger partial charge in [-0.1, -0.05) is 0 Å². The fraction of sp³-hybridized carbons (Fsp3) is 0.800. The number of nitrogens with zero attached hydrogens (tertiary/aromatic N) is 6. The number of ether oxygens (including phenoxy) is 1. The molecule has 15 nitrogen and oxygen atoms in total. The Kier molecular flexibility index (Phi) is 10.3. The van der Waals surface area contributed by atoms with Gasteiger partial charge in [0.25, 0.3) is 0 Å². The summed E-state index contributed by atoms with van der Waals surface area (Å²) in [5.41, 5.74) is -0.685. The molecule has 0 aliphatic carbocycles. The number of carbonyl (C=O) groups is 7. The van der Waals surface area contributed by atoms with Gasteiger partial charge in [0.1, 0.15) is 41.9 Å². The predicted octanol–water partition coefficient (Wildman–Crippen LogP) is 1.43. The van der Waals surface area contributed by atoms with E-state index in [4.69, 9.17) is 4.74 Å². The number of carbonyl (C=O) groups excluding carboxylic acids is 6. The Morgan fingerprint density at radius 2 is 0.680 bits per heavy atom. The quantitative estimate of drug-likeness (QED) is 0.403. The van der Waals surface area contributed by atoms with Crippen LogP contribution in [0.2, 0.25) is 0 Å². The second-order valence-electron chi connectivity index (χ2n) is 15.6. The van der Waals surface area contributed by atoms with Crippen molar-refractivity contribution >= 4 is 41.6 Å². The van der Waals surface area contributed by atoms with Gasteiger partial charge < -0.3 is 34.3 Å². The Morgan fingerprint density at radius 1 is 0.440 bits per heavy atom.